The maximum atomic E-state index is 2.70. The summed E-state index contributed by atoms with van der Waals surface area (Å²) in [6, 6.07) is 83.5. The van der Waals surface area contributed by atoms with Gasteiger partial charge < -0.3 is 9.47 Å². The Labute approximate surface area is 374 Å². The number of aromatic nitrogens is 1. The highest BCUT2D eigenvalue weighted by Gasteiger charge is 2.56. The third kappa shape index (κ3) is 5.20. The third-order valence-electron chi connectivity index (χ3n) is 14.3. The first kappa shape index (κ1) is 36.7. The normalized spacial score (nSPS) is 18.0. The first-order valence-electron chi connectivity index (χ1n) is 22.5. The van der Waals surface area contributed by atoms with E-state index >= 15 is 0 Å². The number of rotatable bonds is 6. The molecule has 3 aliphatic rings. The first-order chi connectivity index (χ1) is 31.7. The highest BCUT2D eigenvalue weighted by atomic mass is 15.2. The average molecular weight is 817 g/mol. The zero-order valence-corrected chi connectivity index (χ0v) is 35.6. The van der Waals surface area contributed by atoms with E-state index in [0.717, 1.165) is 5.69 Å². The van der Waals surface area contributed by atoms with E-state index in [-0.39, 0.29) is 12.0 Å². The van der Waals surface area contributed by atoms with Gasteiger partial charge in [0.05, 0.1) is 28.2 Å². The second kappa shape index (κ2) is 14.3. The van der Waals surface area contributed by atoms with Gasteiger partial charge in [-0.25, -0.2) is 0 Å². The molecule has 0 amide bonds. The molecule has 2 nitrogen and oxygen atoms in total. The fraction of sp³-hybridized carbons (Fsp3) is 0.0645. The quantitative estimate of drug-likeness (QED) is 0.162. The van der Waals surface area contributed by atoms with Crippen molar-refractivity contribution in [1.82, 2.24) is 4.57 Å². The second-order valence-electron chi connectivity index (χ2n) is 17.6. The number of para-hydroxylation sites is 3. The molecule has 1 aliphatic heterocycles. The minimum absolute atomic E-state index is 0.0840. The summed E-state index contributed by atoms with van der Waals surface area (Å²) in [5.41, 5.74) is 20.8. The Hall–Kier alpha value is -7.94. The van der Waals surface area contributed by atoms with Crippen LogP contribution in [-0.2, 0) is 5.41 Å². The predicted octanol–water partition coefficient (Wildman–Crippen LogP) is 15.6. The van der Waals surface area contributed by atoms with Crippen molar-refractivity contribution in [2.45, 2.75) is 18.4 Å². The van der Waals surface area contributed by atoms with Crippen molar-refractivity contribution in [3.63, 3.8) is 0 Å². The summed E-state index contributed by atoms with van der Waals surface area (Å²) in [6.07, 6.45) is 4.92. The summed E-state index contributed by atoms with van der Waals surface area (Å²) in [5.74, 6) is 0.135. The van der Waals surface area contributed by atoms with Crippen LogP contribution in [0.1, 0.15) is 29.2 Å². The molecule has 1 aromatic heterocycles. The smallest absolute Gasteiger partial charge is 0.0737 e. The van der Waals surface area contributed by atoms with Gasteiger partial charge in [0.15, 0.2) is 0 Å². The fourth-order valence-corrected chi connectivity index (χ4v) is 11.7. The molecule has 302 valence electrons. The van der Waals surface area contributed by atoms with Crippen molar-refractivity contribution in [2.75, 3.05) is 4.90 Å². The van der Waals surface area contributed by atoms with Gasteiger partial charge in [0.25, 0.3) is 0 Å². The van der Waals surface area contributed by atoms with Gasteiger partial charge in [-0.15, -0.1) is 0 Å². The Morgan fingerprint density at radius 1 is 0.453 bits per heavy atom. The summed E-state index contributed by atoms with van der Waals surface area (Å²) < 4.78 is 2.55. The van der Waals surface area contributed by atoms with E-state index in [1.165, 1.54) is 100.0 Å². The van der Waals surface area contributed by atoms with Crippen LogP contribution in [0.15, 0.2) is 242 Å². The summed E-state index contributed by atoms with van der Waals surface area (Å²) in [4.78, 5) is 2.70. The summed E-state index contributed by atoms with van der Waals surface area (Å²) >= 11 is 0. The highest BCUT2D eigenvalue weighted by molar-refractivity contribution is 6.13. The predicted molar refractivity (Wildman–Crippen MR) is 267 cm³/mol. The summed E-state index contributed by atoms with van der Waals surface area (Å²) in [6.45, 7) is 2.43. The Kier molecular flexibility index (Phi) is 8.20. The van der Waals surface area contributed by atoms with E-state index in [9.17, 15) is 0 Å². The number of hydrogen-bond acceptors (Lipinski definition) is 1. The van der Waals surface area contributed by atoms with Gasteiger partial charge in [-0.2, -0.15) is 0 Å². The minimum Gasteiger partial charge on any atom is -0.333 e. The maximum Gasteiger partial charge on any atom is 0.0737 e. The molecule has 13 rings (SSSR count). The standard InChI is InChI=1S/C62H44N2/c1-41-32-38-50-48-24-11-13-27-53(48)62(54-28-14-16-31-58(54)64-56-30-15-12-25-49(56)51-26-17-29-55(62)61(51)64)59(50)60(41)63(47-36-33-44(34-37-47)42-18-5-2-6-19-42)57-39-35-46(43-20-7-3-8-21-43)40-52(57)45-22-9-4-10-23-45/h2-41,60H,1H3. The fourth-order valence-electron chi connectivity index (χ4n) is 11.7. The van der Waals surface area contributed by atoms with E-state index in [1.54, 1.807) is 0 Å². The van der Waals surface area contributed by atoms with Crippen LogP contribution in [0.5, 0.6) is 0 Å². The topological polar surface area (TPSA) is 8.17 Å². The third-order valence-corrected chi connectivity index (χ3v) is 14.3. The Morgan fingerprint density at radius 3 is 1.80 bits per heavy atom. The zero-order valence-electron chi connectivity index (χ0n) is 35.6. The van der Waals surface area contributed by atoms with Crippen molar-refractivity contribution in [2.24, 2.45) is 5.92 Å². The van der Waals surface area contributed by atoms with E-state index in [1.807, 2.05) is 0 Å². The van der Waals surface area contributed by atoms with Crippen LogP contribution < -0.4 is 4.90 Å². The van der Waals surface area contributed by atoms with Crippen molar-refractivity contribution < 1.29 is 0 Å². The van der Waals surface area contributed by atoms with Gasteiger partial charge in [0, 0.05) is 27.7 Å². The van der Waals surface area contributed by atoms with Gasteiger partial charge >= 0.3 is 0 Å². The maximum absolute atomic E-state index is 2.70. The summed E-state index contributed by atoms with van der Waals surface area (Å²) in [7, 11) is 0. The van der Waals surface area contributed by atoms with Gasteiger partial charge in [-0.3, -0.25) is 0 Å². The first-order valence-corrected chi connectivity index (χ1v) is 22.5. The van der Waals surface area contributed by atoms with Crippen LogP contribution in [-0.4, -0.2) is 10.6 Å². The van der Waals surface area contributed by atoms with Gasteiger partial charge in [0.1, 0.15) is 0 Å². The molecule has 0 saturated carbocycles. The molecule has 2 aliphatic carbocycles. The average Bonchev–Trinajstić information content (AvgIpc) is 3.86. The molecule has 0 fully saturated rings. The van der Waals surface area contributed by atoms with Crippen molar-refractivity contribution in [3.8, 4) is 39.1 Å². The Morgan fingerprint density at radius 2 is 1.03 bits per heavy atom. The molecular weight excluding hydrogens is 773 g/mol. The van der Waals surface area contributed by atoms with Gasteiger partial charge in [-0.1, -0.05) is 207 Å². The number of nitrogens with zero attached hydrogens (tertiary/aromatic N) is 2. The molecule has 0 radical (unpaired) electrons. The second-order valence-corrected chi connectivity index (χ2v) is 17.6. The lowest BCUT2D eigenvalue weighted by Crippen LogP contribution is -2.47. The molecule has 10 aromatic rings. The lowest BCUT2D eigenvalue weighted by molar-refractivity contribution is 0.531. The molecule has 64 heavy (non-hydrogen) atoms. The van der Waals surface area contributed by atoms with E-state index in [2.05, 4.69) is 253 Å². The van der Waals surface area contributed by atoms with E-state index in [0.29, 0.717) is 0 Å². The largest absolute Gasteiger partial charge is 0.333 e. The van der Waals surface area contributed by atoms with Crippen LogP contribution in [0, 0.1) is 5.92 Å². The van der Waals surface area contributed by atoms with Crippen LogP contribution in [0.2, 0.25) is 0 Å². The summed E-state index contributed by atoms with van der Waals surface area (Å²) in [5, 5.41) is 2.58. The van der Waals surface area contributed by atoms with Gasteiger partial charge in [-0.05, 0) is 104 Å². The number of hydrogen-bond donors (Lipinski definition) is 0. The molecular formula is C62H44N2. The van der Waals surface area contributed by atoms with Crippen LogP contribution in [0.25, 0.3) is 66.4 Å². The molecule has 0 saturated heterocycles. The SMILES string of the molecule is CC1C=CC2=C(C1N(c1ccc(-c3ccccc3)cc1)c1ccc(-c3ccccc3)cc1-c1ccccc1)C1(c3ccccc32)c2ccccc2-n2c3ccccc3c3cccc1c32. The molecule has 3 unspecified atom stereocenters. The van der Waals surface area contributed by atoms with Gasteiger partial charge in [0.2, 0.25) is 0 Å². The molecule has 0 N–H and O–H groups in total. The van der Waals surface area contributed by atoms with Crippen LogP contribution in [0.3, 0.4) is 0 Å². The molecule has 1 spiro atoms. The lowest BCUT2D eigenvalue weighted by Gasteiger charge is -2.48. The highest BCUT2D eigenvalue weighted by Crippen LogP contribution is 2.63. The van der Waals surface area contributed by atoms with Crippen molar-refractivity contribution in [3.05, 3.63) is 264 Å². The molecule has 2 heteroatoms. The number of benzene rings is 9. The molecule has 2 heterocycles. The monoisotopic (exact) mass is 816 g/mol. The number of anilines is 2. The van der Waals surface area contributed by atoms with E-state index < -0.39 is 5.41 Å². The molecule has 0 bridgehead atoms. The number of fused-ring (bicyclic) bond motifs is 11. The zero-order chi connectivity index (χ0) is 42.4. The van der Waals surface area contributed by atoms with Crippen molar-refractivity contribution in [1.29, 1.82) is 0 Å². The van der Waals surface area contributed by atoms with Crippen LogP contribution >= 0.6 is 0 Å². The van der Waals surface area contributed by atoms with Crippen LogP contribution in [0.4, 0.5) is 11.4 Å². The molecule has 3 atom stereocenters. The molecule has 9 aromatic carbocycles. The number of allylic oxidation sites excluding steroid dienone is 2. The lowest BCUT2D eigenvalue weighted by atomic mass is 9.61. The van der Waals surface area contributed by atoms with E-state index in [4.69, 9.17) is 0 Å². The minimum atomic E-state index is -0.588. The Bertz CT molecular complexity index is 3500. The Balaban J connectivity index is 1.14. The van der Waals surface area contributed by atoms with Crippen molar-refractivity contribution >= 4 is 38.8 Å².